The number of carbonyl (C=O) groups excluding carboxylic acids is 1. The van der Waals surface area contributed by atoms with Crippen LogP contribution in [0.2, 0.25) is 15.1 Å². The van der Waals surface area contributed by atoms with E-state index < -0.39 is 0 Å². The molecule has 33 heavy (non-hydrogen) atoms. The molecule has 1 amide bonds. The van der Waals surface area contributed by atoms with Gasteiger partial charge in [-0.15, -0.1) is 0 Å². The van der Waals surface area contributed by atoms with Crippen LogP contribution in [0, 0.1) is 5.92 Å². The van der Waals surface area contributed by atoms with Crippen LogP contribution in [0.5, 0.6) is 0 Å². The van der Waals surface area contributed by atoms with Crippen LogP contribution in [0.25, 0.3) is 6.08 Å². The molecule has 2 atom stereocenters. The van der Waals surface area contributed by atoms with Crippen molar-refractivity contribution in [2.45, 2.75) is 25.3 Å². The molecule has 5 rings (SSSR count). The number of nitrogens with zero attached hydrogens (tertiary/aromatic N) is 2. The molecule has 3 aromatic rings. The maximum atomic E-state index is 13.6. The van der Waals surface area contributed by atoms with Gasteiger partial charge in [-0.25, -0.2) is 5.01 Å². The molecule has 0 bridgehead atoms. The van der Waals surface area contributed by atoms with E-state index in [1.54, 1.807) is 29.3 Å². The number of hydrogen-bond donors (Lipinski definition) is 0. The molecule has 1 fully saturated rings. The number of benzene rings is 3. The van der Waals surface area contributed by atoms with Crippen molar-refractivity contribution in [2.24, 2.45) is 11.0 Å². The standard InChI is InChI=1S/C27H21Cl3N2O/c28-21-10-4-17(5-11-21)16-20-2-1-3-24-25(20)31-32(26(24)18-6-12-22(29)13-7-18)27(33)19-8-14-23(30)15-9-19/h4-16,24,26H,1-3H2/b20-16+/t24-,26+/m1/s1. The zero-order valence-corrected chi connectivity index (χ0v) is 20.0. The maximum absolute atomic E-state index is 13.6. The number of halogens is 3. The fourth-order valence-electron chi connectivity index (χ4n) is 4.65. The summed E-state index contributed by atoms with van der Waals surface area (Å²) >= 11 is 18.2. The van der Waals surface area contributed by atoms with E-state index in [9.17, 15) is 4.79 Å². The number of amides is 1. The Hall–Kier alpha value is -2.59. The number of carbonyl (C=O) groups is 1. The minimum atomic E-state index is -0.186. The number of allylic oxidation sites excluding steroid dienone is 1. The van der Waals surface area contributed by atoms with Gasteiger partial charge in [0.1, 0.15) is 0 Å². The Balaban J connectivity index is 1.57. The van der Waals surface area contributed by atoms with E-state index in [2.05, 4.69) is 6.08 Å². The molecule has 0 aromatic heterocycles. The van der Waals surface area contributed by atoms with Gasteiger partial charge in [-0.3, -0.25) is 4.79 Å². The van der Waals surface area contributed by atoms with E-state index in [-0.39, 0.29) is 17.9 Å². The normalized spacial score (nSPS) is 21.1. The lowest BCUT2D eigenvalue weighted by atomic mass is 9.77. The molecule has 0 saturated heterocycles. The fourth-order valence-corrected chi connectivity index (χ4v) is 5.02. The number of rotatable bonds is 3. The third-order valence-corrected chi connectivity index (χ3v) is 6.98. The number of fused-ring (bicyclic) bond motifs is 1. The van der Waals surface area contributed by atoms with Crippen LogP contribution < -0.4 is 0 Å². The second-order valence-electron chi connectivity index (χ2n) is 8.36. The Kier molecular flexibility index (Phi) is 6.29. The summed E-state index contributed by atoms with van der Waals surface area (Å²) in [4.78, 5) is 13.6. The number of hydrazone groups is 1. The first-order chi connectivity index (χ1) is 16.0. The lowest BCUT2D eigenvalue weighted by Gasteiger charge is -2.29. The smallest absolute Gasteiger partial charge is 0.267 e. The SMILES string of the molecule is O=C(c1ccc(Cl)cc1)N1N=C2/C(=C/c3ccc(Cl)cc3)CCC[C@H]2[C@@H]1c1ccc(Cl)cc1. The summed E-state index contributed by atoms with van der Waals surface area (Å²) in [5.41, 5.74) is 4.81. The minimum Gasteiger partial charge on any atom is -0.267 e. The molecular weight excluding hydrogens is 475 g/mol. The van der Waals surface area contributed by atoms with Crippen molar-refractivity contribution in [3.8, 4) is 0 Å². The predicted molar refractivity (Wildman–Crippen MR) is 136 cm³/mol. The maximum Gasteiger partial charge on any atom is 0.274 e. The molecule has 1 saturated carbocycles. The zero-order chi connectivity index (χ0) is 22.9. The largest absolute Gasteiger partial charge is 0.274 e. The van der Waals surface area contributed by atoms with Crippen LogP contribution >= 0.6 is 34.8 Å². The predicted octanol–water partition coefficient (Wildman–Crippen LogP) is 8.08. The molecule has 3 aromatic carbocycles. The molecule has 2 aliphatic rings. The molecule has 1 aliphatic heterocycles. The van der Waals surface area contributed by atoms with Crippen LogP contribution in [0.3, 0.4) is 0 Å². The second kappa shape index (κ2) is 9.34. The Morgan fingerprint density at radius 1 is 0.848 bits per heavy atom. The Morgan fingerprint density at radius 2 is 1.42 bits per heavy atom. The molecule has 3 nitrogen and oxygen atoms in total. The molecule has 1 aliphatic carbocycles. The Labute approximate surface area is 208 Å². The fraction of sp³-hybridized carbons (Fsp3) is 0.185. The van der Waals surface area contributed by atoms with Gasteiger partial charge in [-0.2, -0.15) is 5.10 Å². The van der Waals surface area contributed by atoms with Crippen molar-refractivity contribution in [3.63, 3.8) is 0 Å². The summed E-state index contributed by atoms with van der Waals surface area (Å²) in [5.74, 6) is -0.0194. The van der Waals surface area contributed by atoms with Crippen molar-refractivity contribution >= 4 is 52.5 Å². The second-order valence-corrected chi connectivity index (χ2v) is 9.67. The van der Waals surface area contributed by atoms with Gasteiger partial charge in [0.05, 0.1) is 11.8 Å². The van der Waals surface area contributed by atoms with Gasteiger partial charge in [0.25, 0.3) is 5.91 Å². The first kappa shape index (κ1) is 22.2. The molecule has 166 valence electrons. The lowest BCUT2D eigenvalue weighted by molar-refractivity contribution is 0.0681. The van der Waals surface area contributed by atoms with E-state index in [1.165, 1.54) is 5.57 Å². The van der Waals surface area contributed by atoms with Gasteiger partial charge in [0.15, 0.2) is 0 Å². The van der Waals surface area contributed by atoms with Gasteiger partial charge in [0.2, 0.25) is 0 Å². The summed E-state index contributed by atoms with van der Waals surface area (Å²) in [5, 5.41) is 8.54. The van der Waals surface area contributed by atoms with Gasteiger partial charge in [-0.1, -0.05) is 59.1 Å². The van der Waals surface area contributed by atoms with E-state index in [0.29, 0.717) is 20.6 Å². The van der Waals surface area contributed by atoms with Crippen LogP contribution in [0.4, 0.5) is 0 Å². The third-order valence-electron chi connectivity index (χ3n) is 6.22. The molecule has 6 heteroatoms. The van der Waals surface area contributed by atoms with Gasteiger partial charge in [0, 0.05) is 26.5 Å². The summed E-state index contributed by atoms with van der Waals surface area (Å²) in [6, 6.07) is 22.3. The average Bonchev–Trinajstić information content (AvgIpc) is 3.22. The van der Waals surface area contributed by atoms with Crippen molar-refractivity contribution in [1.82, 2.24) is 5.01 Å². The summed E-state index contributed by atoms with van der Waals surface area (Å²) in [7, 11) is 0. The quantitative estimate of drug-likeness (QED) is 0.361. The highest BCUT2D eigenvalue weighted by molar-refractivity contribution is 6.31. The van der Waals surface area contributed by atoms with Crippen LogP contribution in [-0.2, 0) is 0 Å². The molecule has 0 N–H and O–H groups in total. The van der Waals surface area contributed by atoms with Crippen LogP contribution in [0.1, 0.15) is 46.8 Å². The van der Waals surface area contributed by atoms with Gasteiger partial charge < -0.3 is 0 Å². The van der Waals surface area contributed by atoms with E-state index in [0.717, 1.165) is 36.1 Å². The summed E-state index contributed by atoms with van der Waals surface area (Å²) in [6.45, 7) is 0. The topological polar surface area (TPSA) is 32.7 Å². The van der Waals surface area contributed by atoms with E-state index >= 15 is 0 Å². The highest BCUT2D eigenvalue weighted by Crippen LogP contribution is 2.45. The highest BCUT2D eigenvalue weighted by atomic mass is 35.5. The van der Waals surface area contributed by atoms with Crippen molar-refractivity contribution in [2.75, 3.05) is 0 Å². The monoisotopic (exact) mass is 494 g/mol. The average molecular weight is 496 g/mol. The Morgan fingerprint density at radius 3 is 2.06 bits per heavy atom. The van der Waals surface area contributed by atoms with Crippen molar-refractivity contribution < 1.29 is 4.79 Å². The first-order valence-electron chi connectivity index (χ1n) is 10.9. The van der Waals surface area contributed by atoms with E-state index in [1.807, 2.05) is 48.5 Å². The zero-order valence-electron chi connectivity index (χ0n) is 17.7. The van der Waals surface area contributed by atoms with Crippen LogP contribution in [0.15, 0.2) is 83.5 Å². The molecule has 0 spiro atoms. The molecule has 0 radical (unpaired) electrons. The van der Waals surface area contributed by atoms with Crippen molar-refractivity contribution in [1.29, 1.82) is 0 Å². The highest BCUT2D eigenvalue weighted by Gasteiger charge is 2.43. The minimum absolute atomic E-state index is 0.120. The molecule has 0 unspecified atom stereocenters. The first-order valence-corrected chi connectivity index (χ1v) is 12.0. The summed E-state index contributed by atoms with van der Waals surface area (Å²) in [6.07, 6.45) is 5.09. The number of hydrogen-bond acceptors (Lipinski definition) is 2. The molecule has 1 heterocycles. The Bertz CT molecular complexity index is 1230. The lowest BCUT2D eigenvalue weighted by Crippen LogP contribution is -2.31. The van der Waals surface area contributed by atoms with E-state index in [4.69, 9.17) is 39.9 Å². The van der Waals surface area contributed by atoms with Crippen LogP contribution in [-0.4, -0.2) is 16.6 Å². The molecular formula is C27H21Cl3N2O. The summed E-state index contributed by atoms with van der Waals surface area (Å²) < 4.78 is 0. The van der Waals surface area contributed by atoms with Gasteiger partial charge in [-0.05, 0) is 90.6 Å². The third kappa shape index (κ3) is 4.59. The van der Waals surface area contributed by atoms with Crippen molar-refractivity contribution in [3.05, 3.63) is 110 Å². The van der Waals surface area contributed by atoms with Gasteiger partial charge >= 0.3 is 0 Å².